The second-order valence-electron chi connectivity index (χ2n) is 8.21. The molecule has 0 aromatic heterocycles. The Balaban J connectivity index is 1.69. The molecule has 19 heavy (non-hydrogen) atoms. The van der Waals surface area contributed by atoms with Crippen molar-refractivity contribution in [3.05, 3.63) is 0 Å². The summed E-state index contributed by atoms with van der Waals surface area (Å²) in [4.78, 5) is 2.69. The van der Waals surface area contributed by atoms with E-state index in [1.54, 1.807) is 0 Å². The standard InChI is InChI=1S/C17H34N2/c1-17(2,3)12-16(18)9-11-19-10-8-14-6-4-5-7-15(14)13-19/h14-16H,4-13,18H2,1-3H3. The Morgan fingerprint density at radius 2 is 1.79 bits per heavy atom. The van der Waals surface area contributed by atoms with Crippen molar-refractivity contribution in [2.75, 3.05) is 19.6 Å². The van der Waals surface area contributed by atoms with Crippen molar-refractivity contribution < 1.29 is 0 Å². The first kappa shape index (κ1) is 15.3. The van der Waals surface area contributed by atoms with Crippen LogP contribution in [0.2, 0.25) is 0 Å². The highest BCUT2D eigenvalue weighted by molar-refractivity contribution is 4.84. The molecule has 1 saturated carbocycles. The van der Waals surface area contributed by atoms with Crippen LogP contribution in [0.1, 0.15) is 65.7 Å². The largest absolute Gasteiger partial charge is 0.328 e. The molecule has 0 spiro atoms. The summed E-state index contributed by atoms with van der Waals surface area (Å²) in [7, 11) is 0. The number of piperidine rings is 1. The van der Waals surface area contributed by atoms with E-state index in [4.69, 9.17) is 5.73 Å². The molecule has 0 aromatic rings. The molecule has 1 aliphatic carbocycles. The fourth-order valence-corrected chi connectivity index (χ4v) is 4.12. The van der Waals surface area contributed by atoms with Crippen LogP contribution in [-0.2, 0) is 0 Å². The molecule has 0 amide bonds. The van der Waals surface area contributed by atoms with Crippen LogP contribution in [0.15, 0.2) is 0 Å². The second-order valence-corrected chi connectivity index (χ2v) is 8.21. The zero-order valence-electron chi connectivity index (χ0n) is 13.3. The molecule has 2 N–H and O–H groups in total. The predicted molar refractivity (Wildman–Crippen MR) is 83.2 cm³/mol. The summed E-state index contributed by atoms with van der Waals surface area (Å²) in [5, 5.41) is 0. The van der Waals surface area contributed by atoms with Gasteiger partial charge in [-0.3, -0.25) is 0 Å². The summed E-state index contributed by atoms with van der Waals surface area (Å²) in [5.41, 5.74) is 6.65. The summed E-state index contributed by atoms with van der Waals surface area (Å²) >= 11 is 0. The van der Waals surface area contributed by atoms with E-state index in [1.165, 1.54) is 58.2 Å². The number of hydrogen-bond donors (Lipinski definition) is 1. The molecule has 2 rings (SSSR count). The molecule has 0 aromatic carbocycles. The minimum absolute atomic E-state index is 0.371. The van der Waals surface area contributed by atoms with Crippen LogP contribution >= 0.6 is 0 Å². The molecule has 2 fully saturated rings. The molecule has 2 heteroatoms. The lowest BCUT2D eigenvalue weighted by Crippen LogP contribution is -2.43. The molecule has 3 unspecified atom stereocenters. The van der Waals surface area contributed by atoms with Gasteiger partial charge in [-0.25, -0.2) is 0 Å². The zero-order chi connectivity index (χ0) is 13.9. The van der Waals surface area contributed by atoms with Crippen molar-refractivity contribution in [1.82, 2.24) is 4.90 Å². The highest BCUT2D eigenvalue weighted by atomic mass is 15.1. The third-order valence-corrected chi connectivity index (χ3v) is 5.07. The molecular formula is C17H34N2. The van der Waals surface area contributed by atoms with E-state index in [-0.39, 0.29) is 0 Å². The van der Waals surface area contributed by atoms with E-state index in [0.717, 1.165) is 18.3 Å². The van der Waals surface area contributed by atoms with Gasteiger partial charge in [0.2, 0.25) is 0 Å². The molecule has 3 atom stereocenters. The average Bonchev–Trinajstić information content (AvgIpc) is 2.34. The van der Waals surface area contributed by atoms with Crippen molar-refractivity contribution >= 4 is 0 Å². The van der Waals surface area contributed by atoms with Crippen LogP contribution in [0.25, 0.3) is 0 Å². The highest BCUT2D eigenvalue weighted by Crippen LogP contribution is 2.36. The lowest BCUT2D eigenvalue weighted by molar-refractivity contribution is 0.0838. The van der Waals surface area contributed by atoms with E-state index in [1.807, 2.05) is 0 Å². The van der Waals surface area contributed by atoms with Crippen LogP contribution < -0.4 is 5.73 Å². The first-order chi connectivity index (χ1) is 8.94. The molecule has 2 aliphatic rings. The van der Waals surface area contributed by atoms with Gasteiger partial charge in [0.05, 0.1) is 0 Å². The Labute approximate surface area is 120 Å². The van der Waals surface area contributed by atoms with Gasteiger partial charge in [0.1, 0.15) is 0 Å². The molecule has 1 saturated heterocycles. The SMILES string of the molecule is CC(C)(C)CC(N)CCN1CCC2CCCCC2C1. The Morgan fingerprint density at radius 3 is 2.47 bits per heavy atom. The summed E-state index contributed by atoms with van der Waals surface area (Å²) < 4.78 is 0. The van der Waals surface area contributed by atoms with E-state index in [2.05, 4.69) is 25.7 Å². The molecule has 0 bridgehead atoms. The van der Waals surface area contributed by atoms with Gasteiger partial charge in [0.25, 0.3) is 0 Å². The molecule has 1 heterocycles. The fourth-order valence-electron chi connectivity index (χ4n) is 4.12. The normalized spacial score (nSPS) is 30.9. The van der Waals surface area contributed by atoms with Gasteiger partial charge in [0.15, 0.2) is 0 Å². The molecule has 2 nitrogen and oxygen atoms in total. The summed E-state index contributed by atoms with van der Waals surface area (Å²) in [6, 6.07) is 0.379. The number of nitrogens with zero attached hydrogens (tertiary/aromatic N) is 1. The van der Waals surface area contributed by atoms with Crippen LogP contribution in [0.5, 0.6) is 0 Å². The van der Waals surface area contributed by atoms with E-state index in [0.29, 0.717) is 11.5 Å². The maximum absolute atomic E-state index is 6.28. The maximum Gasteiger partial charge on any atom is 0.00559 e. The number of likely N-dealkylation sites (tertiary alicyclic amines) is 1. The first-order valence-electron chi connectivity index (χ1n) is 8.42. The van der Waals surface area contributed by atoms with Crippen molar-refractivity contribution in [3.63, 3.8) is 0 Å². The second kappa shape index (κ2) is 6.58. The summed E-state index contributed by atoms with van der Waals surface area (Å²) in [6.07, 6.45) is 9.70. The van der Waals surface area contributed by atoms with Crippen molar-refractivity contribution in [3.8, 4) is 0 Å². The van der Waals surface area contributed by atoms with Crippen molar-refractivity contribution in [2.45, 2.75) is 71.8 Å². The van der Waals surface area contributed by atoms with Gasteiger partial charge in [0, 0.05) is 12.6 Å². The van der Waals surface area contributed by atoms with Gasteiger partial charge >= 0.3 is 0 Å². The maximum atomic E-state index is 6.28. The smallest absolute Gasteiger partial charge is 0.00559 e. The summed E-state index contributed by atoms with van der Waals surface area (Å²) in [5.74, 6) is 2.05. The van der Waals surface area contributed by atoms with Crippen LogP contribution in [0.3, 0.4) is 0 Å². The number of hydrogen-bond acceptors (Lipinski definition) is 2. The Morgan fingerprint density at radius 1 is 1.11 bits per heavy atom. The lowest BCUT2D eigenvalue weighted by atomic mass is 9.75. The van der Waals surface area contributed by atoms with Gasteiger partial charge in [-0.15, -0.1) is 0 Å². The fraction of sp³-hybridized carbons (Fsp3) is 1.00. The molecule has 112 valence electrons. The lowest BCUT2D eigenvalue weighted by Gasteiger charge is -2.41. The Bertz CT molecular complexity index is 269. The Hall–Kier alpha value is -0.0800. The zero-order valence-corrected chi connectivity index (χ0v) is 13.3. The van der Waals surface area contributed by atoms with Crippen molar-refractivity contribution in [1.29, 1.82) is 0 Å². The molecular weight excluding hydrogens is 232 g/mol. The predicted octanol–water partition coefficient (Wildman–Crippen LogP) is 3.65. The topological polar surface area (TPSA) is 29.3 Å². The van der Waals surface area contributed by atoms with E-state index in [9.17, 15) is 0 Å². The van der Waals surface area contributed by atoms with Gasteiger partial charge in [-0.1, -0.05) is 40.0 Å². The van der Waals surface area contributed by atoms with Gasteiger partial charge in [-0.05, 0) is 56.0 Å². The minimum Gasteiger partial charge on any atom is -0.328 e. The molecule has 1 aliphatic heterocycles. The van der Waals surface area contributed by atoms with Gasteiger partial charge < -0.3 is 10.6 Å². The third-order valence-electron chi connectivity index (χ3n) is 5.07. The van der Waals surface area contributed by atoms with E-state index >= 15 is 0 Å². The van der Waals surface area contributed by atoms with Crippen molar-refractivity contribution in [2.24, 2.45) is 23.0 Å². The quantitative estimate of drug-likeness (QED) is 0.841. The van der Waals surface area contributed by atoms with Crippen LogP contribution in [0.4, 0.5) is 0 Å². The first-order valence-corrected chi connectivity index (χ1v) is 8.42. The highest BCUT2D eigenvalue weighted by Gasteiger charge is 2.30. The Kier molecular flexibility index (Phi) is 5.30. The number of fused-ring (bicyclic) bond motifs is 1. The van der Waals surface area contributed by atoms with Gasteiger partial charge in [-0.2, -0.15) is 0 Å². The summed E-state index contributed by atoms with van der Waals surface area (Å²) in [6.45, 7) is 10.8. The number of nitrogens with two attached hydrogens (primary N) is 1. The minimum atomic E-state index is 0.371. The third kappa shape index (κ3) is 5.07. The average molecular weight is 266 g/mol. The van der Waals surface area contributed by atoms with Crippen LogP contribution in [-0.4, -0.2) is 30.6 Å². The number of rotatable bonds is 4. The monoisotopic (exact) mass is 266 g/mol. The van der Waals surface area contributed by atoms with E-state index < -0.39 is 0 Å². The molecule has 0 radical (unpaired) electrons. The van der Waals surface area contributed by atoms with Crippen LogP contribution in [0, 0.1) is 17.3 Å².